The SMILES string of the molecule is Cc1cc(NC(=O)C2(c3ccc(Cl)cc3)CCCC2)ccc1OC(C)C. The zero-order valence-corrected chi connectivity index (χ0v) is 16.4. The lowest BCUT2D eigenvalue weighted by Gasteiger charge is -2.28. The Bertz CT molecular complexity index is 777. The maximum atomic E-state index is 13.2. The molecular weight excluding hydrogens is 346 g/mol. The fourth-order valence-electron chi connectivity index (χ4n) is 3.76. The van der Waals surface area contributed by atoms with E-state index in [0.29, 0.717) is 5.02 Å². The number of carbonyl (C=O) groups excluding carboxylic acids is 1. The first kappa shape index (κ1) is 18.8. The van der Waals surface area contributed by atoms with Gasteiger partial charge in [0, 0.05) is 10.7 Å². The van der Waals surface area contributed by atoms with Gasteiger partial charge >= 0.3 is 0 Å². The summed E-state index contributed by atoms with van der Waals surface area (Å²) >= 11 is 6.03. The molecule has 0 spiro atoms. The van der Waals surface area contributed by atoms with Crippen molar-refractivity contribution in [2.75, 3.05) is 5.32 Å². The van der Waals surface area contributed by atoms with E-state index in [0.717, 1.165) is 48.2 Å². The van der Waals surface area contributed by atoms with Crippen molar-refractivity contribution < 1.29 is 9.53 Å². The van der Waals surface area contributed by atoms with Crippen LogP contribution >= 0.6 is 11.6 Å². The predicted molar refractivity (Wildman–Crippen MR) is 107 cm³/mol. The van der Waals surface area contributed by atoms with Crippen molar-refractivity contribution in [2.45, 2.75) is 58.0 Å². The van der Waals surface area contributed by atoms with Crippen molar-refractivity contribution in [2.24, 2.45) is 0 Å². The standard InChI is InChI=1S/C22H26ClNO2/c1-15(2)26-20-11-10-19(14-16(20)3)24-21(25)22(12-4-5-13-22)17-6-8-18(23)9-7-17/h6-11,14-15H,4-5,12-13H2,1-3H3,(H,24,25). The molecule has 0 aliphatic heterocycles. The molecule has 26 heavy (non-hydrogen) atoms. The van der Waals surface area contributed by atoms with E-state index in [2.05, 4.69) is 5.32 Å². The van der Waals surface area contributed by atoms with Crippen molar-refractivity contribution in [3.05, 3.63) is 58.6 Å². The van der Waals surface area contributed by atoms with E-state index in [4.69, 9.17) is 16.3 Å². The molecule has 4 heteroatoms. The smallest absolute Gasteiger partial charge is 0.235 e. The lowest BCUT2D eigenvalue weighted by molar-refractivity contribution is -0.121. The highest BCUT2D eigenvalue weighted by molar-refractivity contribution is 6.30. The Morgan fingerprint density at radius 3 is 2.35 bits per heavy atom. The largest absolute Gasteiger partial charge is 0.491 e. The minimum atomic E-state index is -0.467. The van der Waals surface area contributed by atoms with Gasteiger partial charge in [-0.15, -0.1) is 0 Å². The van der Waals surface area contributed by atoms with Gasteiger partial charge in [-0.3, -0.25) is 4.79 Å². The van der Waals surface area contributed by atoms with Gasteiger partial charge in [0.05, 0.1) is 11.5 Å². The highest BCUT2D eigenvalue weighted by Gasteiger charge is 2.42. The molecule has 3 nitrogen and oxygen atoms in total. The average Bonchev–Trinajstić information content (AvgIpc) is 3.09. The van der Waals surface area contributed by atoms with Gasteiger partial charge in [0.1, 0.15) is 5.75 Å². The number of hydrogen-bond donors (Lipinski definition) is 1. The van der Waals surface area contributed by atoms with Crippen LogP contribution in [0.5, 0.6) is 5.75 Å². The second-order valence-electron chi connectivity index (χ2n) is 7.40. The fourth-order valence-corrected chi connectivity index (χ4v) is 3.88. The number of amides is 1. The van der Waals surface area contributed by atoms with Gasteiger partial charge < -0.3 is 10.1 Å². The summed E-state index contributed by atoms with van der Waals surface area (Å²) in [5.41, 5.74) is 2.41. The first-order chi connectivity index (χ1) is 12.4. The Morgan fingerprint density at radius 2 is 1.77 bits per heavy atom. The Balaban J connectivity index is 1.83. The fraction of sp³-hybridized carbons (Fsp3) is 0.409. The van der Waals surface area contributed by atoms with Crippen LogP contribution in [0.4, 0.5) is 5.69 Å². The Hall–Kier alpha value is -2.00. The molecule has 0 bridgehead atoms. The van der Waals surface area contributed by atoms with E-state index in [1.54, 1.807) is 0 Å². The number of ether oxygens (including phenoxy) is 1. The predicted octanol–water partition coefficient (Wildman–Crippen LogP) is 5.89. The van der Waals surface area contributed by atoms with E-state index < -0.39 is 5.41 Å². The molecule has 0 radical (unpaired) electrons. The maximum Gasteiger partial charge on any atom is 0.235 e. The minimum absolute atomic E-state index is 0.0641. The Kier molecular flexibility index (Phi) is 5.57. The molecule has 1 fully saturated rings. The molecule has 0 heterocycles. The highest BCUT2D eigenvalue weighted by atomic mass is 35.5. The third-order valence-corrected chi connectivity index (χ3v) is 5.34. The quantitative estimate of drug-likeness (QED) is 0.712. The summed E-state index contributed by atoms with van der Waals surface area (Å²) < 4.78 is 5.78. The summed E-state index contributed by atoms with van der Waals surface area (Å²) in [6, 6.07) is 13.5. The van der Waals surface area contributed by atoms with Crippen LogP contribution in [0.2, 0.25) is 5.02 Å². The summed E-state index contributed by atoms with van der Waals surface area (Å²) in [5, 5.41) is 3.82. The number of anilines is 1. The van der Waals surface area contributed by atoms with Crippen LogP contribution in [0, 0.1) is 6.92 Å². The lowest BCUT2D eigenvalue weighted by atomic mass is 9.78. The van der Waals surface area contributed by atoms with Crippen LogP contribution < -0.4 is 10.1 Å². The van der Waals surface area contributed by atoms with E-state index in [1.807, 2.05) is 63.2 Å². The molecule has 1 saturated carbocycles. The van der Waals surface area contributed by atoms with Gasteiger partial charge in [0.25, 0.3) is 0 Å². The number of carbonyl (C=O) groups is 1. The molecule has 2 aromatic rings. The number of hydrogen-bond acceptors (Lipinski definition) is 2. The highest BCUT2D eigenvalue weighted by Crippen LogP contribution is 2.42. The molecule has 1 aliphatic carbocycles. The van der Waals surface area contributed by atoms with Gasteiger partial charge in [-0.2, -0.15) is 0 Å². The second kappa shape index (κ2) is 7.71. The summed E-state index contributed by atoms with van der Waals surface area (Å²) in [7, 11) is 0. The van der Waals surface area contributed by atoms with Gasteiger partial charge in [-0.25, -0.2) is 0 Å². The van der Waals surface area contributed by atoms with Gasteiger partial charge in [0.2, 0.25) is 5.91 Å². The van der Waals surface area contributed by atoms with Crippen LogP contribution in [-0.4, -0.2) is 12.0 Å². The van der Waals surface area contributed by atoms with E-state index >= 15 is 0 Å². The third-order valence-electron chi connectivity index (χ3n) is 5.08. The van der Waals surface area contributed by atoms with Crippen molar-refractivity contribution in [1.82, 2.24) is 0 Å². The maximum absolute atomic E-state index is 13.2. The molecule has 0 unspecified atom stereocenters. The minimum Gasteiger partial charge on any atom is -0.491 e. The zero-order valence-electron chi connectivity index (χ0n) is 15.6. The van der Waals surface area contributed by atoms with Crippen LogP contribution in [0.3, 0.4) is 0 Å². The van der Waals surface area contributed by atoms with Gasteiger partial charge in [0.15, 0.2) is 0 Å². The molecule has 0 saturated heterocycles. The van der Waals surface area contributed by atoms with Crippen molar-refractivity contribution in [3.63, 3.8) is 0 Å². The molecule has 1 N–H and O–H groups in total. The molecule has 0 aromatic heterocycles. The average molecular weight is 372 g/mol. The zero-order chi connectivity index (χ0) is 18.7. The van der Waals surface area contributed by atoms with E-state index in [9.17, 15) is 4.79 Å². The van der Waals surface area contributed by atoms with Gasteiger partial charge in [-0.1, -0.05) is 36.6 Å². The molecule has 0 atom stereocenters. The molecule has 2 aromatic carbocycles. The topological polar surface area (TPSA) is 38.3 Å². The Morgan fingerprint density at radius 1 is 1.12 bits per heavy atom. The number of aryl methyl sites for hydroxylation is 1. The normalized spacial score (nSPS) is 15.9. The van der Waals surface area contributed by atoms with Crippen LogP contribution in [0.25, 0.3) is 0 Å². The number of rotatable bonds is 5. The number of nitrogens with one attached hydrogen (secondary N) is 1. The number of benzene rings is 2. The van der Waals surface area contributed by atoms with Crippen LogP contribution in [0.15, 0.2) is 42.5 Å². The van der Waals surface area contributed by atoms with Crippen molar-refractivity contribution >= 4 is 23.2 Å². The summed E-state index contributed by atoms with van der Waals surface area (Å²) in [4.78, 5) is 13.2. The third kappa shape index (κ3) is 3.88. The van der Waals surface area contributed by atoms with E-state index in [-0.39, 0.29) is 12.0 Å². The van der Waals surface area contributed by atoms with E-state index in [1.165, 1.54) is 0 Å². The molecule has 138 valence electrons. The molecular formula is C22H26ClNO2. The van der Waals surface area contributed by atoms with Crippen molar-refractivity contribution in [1.29, 1.82) is 0 Å². The monoisotopic (exact) mass is 371 g/mol. The summed E-state index contributed by atoms with van der Waals surface area (Å²) in [5.74, 6) is 0.917. The summed E-state index contributed by atoms with van der Waals surface area (Å²) in [6.07, 6.45) is 4.00. The van der Waals surface area contributed by atoms with Crippen molar-refractivity contribution in [3.8, 4) is 5.75 Å². The molecule has 1 aliphatic rings. The number of halogens is 1. The first-order valence-corrected chi connectivity index (χ1v) is 9.63. The van der Waals surface area contributed by atoms with Gasteiger partial charge in [-0.05, 0) is 75.1 Å². The van der Waals surface area contributed by atoms with Crippen LogP contribution in [-0.2, 0) is 10.2 Å². The molecule has 1 amide bonds. The first-order valence-electron chi connectivity index (χ1n) is 9.25. The molecule has 3 rings (SSSR count). The second-order valence-corrected chi connectivity index (χ2v) is 7.83. The van der Waals surface area contributed by atoms with Crippen LogP contribution in [0.1, 0.15) is 50.7 Å². The lowest BCUT2D eigenvalue weighted by Crippen LogP contribution is -2.38. The summed E-state index contributed by atoms with van der Waals surface area (Å²) in [6.45, 7) is 6.01. The Labute approximate surface area is 160 Å².